The van der Waals surface area contributed by atoms with Crippen LogP contribution in [0, 0.1) is 12.8 Å². The summed E-state index contributed by atoms with van der Waals surface area (Å²) >= 11 is 0. The number of hydrogen-bond acceptors (Lipinski definition) is 3. The molecule has 106 valence electrons. The molecule has 3 heteroatoms. The van der Waals surface area contributed by atoms with Crippen LogP contribution in [0.15, 0.2) is 24.3 Å². The fraction of sp³-hybridized carbons (Fsp3) is 0.625. The van der Waals surface area contributed by atoms with Crippen LogP contribution < -0.4 is 0 Å². The second-order valence-electron chi connectivity index (χ2n) is 5.97. The highest BCUT2D eigenvalue weighted by molar-refractivity contribution is 5.22. The van der Waals surface area contributed by atoms with Crippen LogP contribution in [0.3, 0.4) is 0 Å². The van der Waals surface area contributed by atoms with Crippen molar-refractivity contribution in [2.45, 2.75) is 38.4 Å². The standard InChI is InChI=1S/C16H25NO2/c1-12-3-5-14(6-4-12)16(19)7-8-17(2)11-13-9-15(18)10-13/h3-6,13,15-16,18-19H,7-11H2,1-2H3. The molecule has 0 spiro atoms. The minimum absolute atomic E-state index is 0.0726. The van der Waals surface area contributed by atoms with Crippen LogP contribution in [0.2, 0.25) is 0 Å². The zero-order chi connectivity index (χ0) is 13.8. The lowest BCUT2D eigenvalue weighted by Gasteiger charge is -2.34. The SMILES string of the molecule is Cc1ccc(C(O)CCN(C)CC2CC(O)C2)cc1. The molecule has 1 aromatic carbocycles. The van der Waals surface area contributed by atoms with E-state index in [1.54, 1.807) is 0 Å². The van der Waals surface area contributed by atoms with E-state index in [4.69, 9.17) is 0 Å². The van der Waals surface area contributed by atoms with Gasteiger partial charge in [0.25, 0.3) is 0 Å². The molecule has 0 saturated heterocycles. The number of aryl methyl sites for hydroxylation is 1. The second-order valence-corrected chi connectivity index (χ2v) is 5.97. The van der Waals surface area contributed by atoms with Gasteiger partial charge < -0.3 is 15.1 Å². The van der Waals surface area contributed by atoms with Crippen molar-refractivity contribution < 1.29 is 10.2 Å². The normalized spacial score (nSPS) is 24.3. The highest BCUT2D eigenvalue weighted by atomic mass is 16.3. The van der Waals surface area contributed by atoms with Crippen LogP contribution in [-0.4, -0.2) is 41.4 Å². The Labute approximate surface area is 115 Å². The molecule has 0 aliphatic heterocycles. The van der Waals surface area contributed by atoms with E-state index in [0.717, 1.165) is 37.9 Å². The van der Waals surface area contributed by atoms with Gasteiger partial charge in [0.2, 0.25) is 0 Å². The summed E-state index contributed by atoms with van der Waals surface area (Å²) < 4.78 is 0. The molecule has 1 atom stereocenters. The maximum atomic E-state index is 10.1. The lowest BCUT2D eigenvalue weighted by Crippen LogP contribution is -2.37. The van der Waals surface area contributed by atoms with Crippen molar-refractivity contribution in [1.29, 1.82) is 0 Å². The molecule has 1 fully saturated rings. The number of rotatable bonds is 6. The number of aliphatic hydroxyl groups excluding tert-OH is 2. The predicted molar refractivity (Wildman–Crippen MR) is 77.0 cm³/mol. The molecule has 1 aliphatic rings. The molecule has 0 amide bonds. The number of benzene rings is 1. The van der Waals surface area contributed by atoms with Crippen LogP contribution in [0.1, 0.15) is 36.5 Å². The van der Waals surface area contributed by atoms with Gasteiger partial charge in [-0.15, -0.1) is 0 Å². The monoisotopic (exact) mass is 263 g/mol. The topological polar surface area (TPSA) is 43.7 Å². The summed E-state index contributed by atoms with van der Waals surface area (Å²) in [7, 11) is 2.09. The molecular formula is C16H25NO2. The quantitative estimate of drug-likeness (QED) is 0.826. The zero-order valence-electron chi connectivity index (χ0n) is 11.9. The minimum atomic E-state index is -0.380. The van der Waals surface area contributed by atoms with Crippen LogP contribution in [-0.2, 0) is 0 Å². The zero-order valence-corrected chi connectivity index (χ0v) is 11.9. The first-order valence-electron chi connectivity index (χ1n) is 7.16. The van der Waals surface area contributed by atoms with E-state index in [0.29, 0.717) is 5.92 Å². The van der Waals surface area contributed by atoms with Crippen molar-refractivity contribution in [1.82, 2.24) is 4.90 Å². The summed E-state index contributed by atoms with van der Waals surface area (Å²) in [6.45, 7) is 3.97. The Morgan fingerprint density at radius 2 is 1.89 bits per heavy atom. The van der Waals surface area contributed by atoms with Crippen molar-refractivity contribution in [3.8, 4) is 0 Å². The number of hydrogen-bond donors (Lipinski definition) is 2. The summed E-state index contributed by atoms with van der Waals surface area (Å²) in [6.07, 6.45) is 2.18. The fourth-order valence-electron chi connectivity index (χ4n) is 2.68. The molecule has 1 aliphatic carbocycles. The minimum Gasteiger partial charge on any atom is -0.393 e. The largest absolute Gasteiger partial charge is 0.393 e. The maximum absolute atomic E-state index is 10.1. The van der Waals surface area contributed by atoms with Crippen LogP contribution in [0.5, 0.6) is 0 Å². The van der Waals surface area contributed by atoms with Gasteiger partial charge in [-0.3, -0.25) is 0 Å². The number of aliphatic hydroxyl groups is 2. The fourth-order valence-corrected chi connectivity index (χ4v) is 2.68. The molecule has 1 aromatic rings. The van der Waals surface area contributed by atoms with Crippen molar-refractivity contribution in [3.05, 3.63) is 35.4 Å². The second kappa shape index (κ2) is 6.51. The molecule has 0 aromatic heterocycles. The highest BCUT2D eigenvalue weighted by Crippen LogP contribution is 2.27. The summed E-state index contributed by atoms with van der Waals surface area (Å²) in [6, 6.07) is 8.08. The van der Waals surface area contributed by atoms with E-state index in [2.05, 4.69) is 18.9 Å². The molecule has 0 bridgehead atoms. The summed E-state index contributed by atoms with van der Waals surface area (Å²) in [5, 5.41) is 19.4. The highest BCUT2D eigenvalue weighted by Gasteiger charge is 2.27. The first-order valence-corrected chi connectivity index (χ1v) is 7.16. The number of nitrogens with zero attached hydrogens (tertiary/aromatic N) is 1. The predicted octanol–water partition coefficient (Wildman–Crippen LogP) is 2.12. The van der Waals surface area contributed by atoms with E-state index in [-0.39, 0.29) is 12.2 Å². The molecule has 1 unspecified atom stereocenters. The Morgan fingerprint density at radius 3 is 2.47 bits per heavy atom. The van der Waals surface area contributed by atoms with Crippen LogP contribution >= 0.6 is 0 Å². The first-order chi connectivity index (χ1) is 9.04. The van der Waals surface area contributed by atoms with Crippen LogP contribution in [0.4, 0.5) is 0 Å². The van der Waals surface area contributed by atoms with Gasteiger partial charge in [-0.25, -0.2) is 0 Å². The molecule has 2 rings (SSSR count). The van der Waals surface area contributed by atoms with Gasteiger partial charge in [-0.1, -0.05) is 29.8 Å². The van der Waals surface area contributed by atoms with Gasteiger partial charge in [-0.2, -0.15) is 0 Å². The molecule has 0 radical (unpaired) electrons. The Balaban J connectivity index is 1.70. The molecular weight excluding hydrogens is 238 g/mol. The van der Waals surface area contributed by atoms with Crippen LogP contribution in [0.25, 0.3) is 0 Å². The smallest absolute Gasteiger partial charge is 0.0802 e. The van der Waals surface area contributed by atoms with Crippen molar-refractivity contribution >= 4 is 0 Å². The molecule has 3 nitrogen and oxygen atoms in total. The molecule has 2 N–H and O–H groups in total. The molecule has 1 saturated carbocycles. The lowest BCUT2D eigenvalue weighted by molar-refractivity contribution is 0.0262. The van der Waals surface area contributed by atoms with Gasteiger partial charge >= 0.3 is 0 Å². The van der Waals surface area contributed by atoms with Crippen molar-refractivity contribution in [3.63, 3.8) is 0 Å². The van der Waals surface area contributed by atoms with Gasteiger partial charge in [0, 0.05) is 13.1 Å². The van der Waals surface area contributed by atoms with Gasteiger partial charge in [-0.05, 0) is 44.7 Å². The summed E-state index contributed by atoms with van der Waals surface area (Å²) in [5.41, 5.74) is 2.22. The Kier molecular flexibility index (Phi) is 4.97. The third-order valence-corrected chi connectivity index (χ3v) is 4.03. The molecule has 19 heavy (non-hydrogen) atoms. The Morgan fingerprint density at radius 1 is 1.26 bits per heavy atom. The van der Waals surface area contributed by atoms with E-state index in [1.165, 1.54) is 5.56 Å². The average Bonchev–Trinajstić information content (AvgIpc) is 2.35. The van der Waals surface area contributed by atoms with Gasteiger partial charge in [0.1, 0.15) is 0 Å². The third kappa shape index (κ3) is 4.30. The molecule has 0 heterocycles. The van der Waals surface area contributed by atoms with E-state index >= 15 is 0 Å². The van der Waals surface area contributed by atoms with E-state index < -0.39 is 0 Å². The maximum Gasteiger partial charge on any atom is 0.0802 e. The Hall–Kier alpha value is -0.900. The summed E-state index contributed by atoms with van der Waals surface area (Å²) in [5.74, 6) is 0.636. The van der Waals surface area contributed by atoms with E-state index in [9.17, 15) is 10.2 Å². The third-order valence-electron chi connectivity index (χ3n) is 4.03. The van der Waals surface area contributed by atoms with Crippen molar-refractivity contribution in [2.75, 3.05) is 20.1 Å². The Bertz CT molecular complexity index is 384. The average molecular weight is 263 g/mol. The van der Waals surface area contributed by atoms with Gasteiger partial charge in [0.05, 0.1) is 12.2 Å². The van der Waals surface area contributed by atoms with E-state index in [1.807, 2.05) is 24.3 Å². The first kappa shape index (κ1) is 14.5. The lowest BCUT2D eigenvalue weighted by atomic mass is 9.82. The summed E-state index contributed by atoms with van der Waals surface area (Å²) in [4.78, 5) is 2.26. The van der Waals surface area contributed by atoms with Gasteiger partial charge in [0.15, 0.2) is 0 Å². The van der Waals surface area contributed by atoms with Crippen molar-refractivity contribution in [2.24, 2.45) is 5.92 Å².